The van der Waals surface area contributed by atoms with Gasteiger partial charge in [0, 0.05) is 24.7 Å². The third kappa shape index (κ3) is 4.28. The minimum absolute atomic E-state index is 0.125. The molecule has 0 saturated carbocycles. The lowest BCUT2D eigenvalue weighted by Gasteiger charge is -2.42. The smallest absolute Gasteiger partial charge is 0.129 e. The molecule has 1 fully saturated rings. The number of hydrogen-bond acceptors (Lipinski definition) is 5. The summed E-state index contributed by atoms with van der Waals surface area (Å²) in [4.78, 5) is 6.57. The summed E-state index contributed by atoms with van der Waals surface area (Å²) >= 11 is 0. The predicted octanol–water partition coefficient (Wildman–Crippen LogP) is 3.00. The van der Waals surface area contributed by atoms with Crippen LogP contribution in [0.3, 0.4) is 0 Å². The fourth-order valence-electron chi connectivity index (χ4n) is 3.38. The average Bonchev–Trinajstić information content (AvgIpc) is 2.69. The van der Waals surface area contributed by atoms with Gasteiger partial charge < -0.3 is 14.7 Å². The van der Waals surface area contributed by atoms with Gasteiger partial charge in [-0.25, -0.2) is 4.98 Å². The van der Waals surface area contributed by atoms with E-state index in [-0.39, 0.29) is 12.0 Å². The molecular formula is C20H23N3O2. The van der Waals surface area contributed by atoms with E-state index in [4.69, 9.17) is 10.00 Å². The summed E-state index contributed by atoms with van der Waals surface area (Å²) in [6.45, 7) is 2.32. The molecule has 1 atom stereocenters. The molecule has 1 aliphatic rings. The normalized spacial score (nSPS) is 20.1. The van der Waals surface area contributed by atoms with Gasteiger partial charge in [-0.15, -0.1) is 0 Å². The first-order chi connectivity index (χ1) is 12.2. The maximum absolute atomic E-state index is 10.0. The Balaban J connectivity index is 1.65. The van der Waals surface area contributed by atoms with Crippen molar-refractivity contribution in [3.8, 4) is 11.8 Å². The highest BCUT2D eigenvalue weighted by Gasteiger charge is 2.35. The maximum Gasteiger partial charge on any atom is 0.129 e. The highest BCUT2D eigenvalue weighted by Crippen LogP contribution is 2.35. The molecule has 130 valence electrons. The molecule has 1 saturated heterocycles. The van der Waals surface area contributed by atoms with Crippen LogP contribution in [0.5, 0.6) is 5.75 Å². The van der Waals surface area contributed by atoms with Gasteiger partial charge in [-0.3, -0.25) is 0 Å². The van der Waals surface area contributed by atoms with Gasteiger partial charge in [0.1, 0.15) is 11.6 Å². The number of ether oxygens (including phenoxy) is 1. The molecule has 1 aliphatic heterocycles. The summed E-state index contributed by atoms with van der Waals surface area (Å²) in [7, 11) is 0. The quantitative estimate of drug-likeness (QED) is 0.877. The lowest BCUT2D eigenvalue weighted by Crippen LogP contribution is -2.46. The van der Waals surface area contributed by atoms with Crippen molar-refractivity contribution in [1.29, 1.82) is 5.26 Å². The van der Waals surface area contributed by atoms with Crippen molar-refractivity contribution in [2.45, 2.75) is 19.3 Å². The molecule has 0 bridgehead atoms. The van der Waals surface area contributed by atoms with Crippen LogP contribution in [0.2, 0.25) is 0 Å². The topological polar surface area (TPSA) is 69.4 Å². The minimum Gasteiger partial charge on any atom is -0.494 e. The van der Waals surface area contributed by atoms with Crippen molar-refractivity contribution in [3.05, 3.63) is 54.2 Å². The summed E-state index contributed by atoms with van der Waals surface area (Å²) < 4.78 is 5.82. The molecule has 5 nitrogen and oxygen atoms in total. The van der Waals surface area contributed by atoms with Gasteiger partial charge in [0.05, 0.1) is 24.8 Å². The van der Waals surface area contributed by atoms with Crippen LogP contribution in [-0.4, -0.2) is 36.4 Å². The van der Waals surface area contributed by atoms with E-state index in [1.54, 1.807) is 12.3 Å². The Kier molecular flexibility index (Phi) is 5.52. The van der Waals surface area contributed by atoms with Crippen LogP contribution in [0.25, 0.3) is 0 Å². The number of rotatable bonds is 6. The van der Waals surface area contributed by atoms with Crippen LogP contribution in [0, 0.1) is 16.7 Å². The van der Waals surface area contributed by atoms with Gasteiger partial charge in [-0.2, -0.15) is 5.26 Å². The molecule has 1 N–H and O–H groups in total. The lowest BCUT2D eigenvalue weighted by atomic mass is 9.78. The first-order valence-corrected chi connectivity index (χ1v) is 8.64. The predicted molar refractivity (Wildman–Crippen MR) is 96.5 cm³/mol. The molecule has 1 aromatic carbocycles. The number of nitriles is 1. The first-order valence-electron chi connectivity index (χ1n) is 8.64. The zero-order valence-corrected chi connectivity index (χ0v) is 14.3. The first kappa shape index (κ1) is 17.2. The van der Waals surface area contributed by atoms with Gasteiger partial charge in [0.25, 0.3) is 0 Å². The highest BCUT2D eigenvalue weighted by molar-refractivity contribution is 5.45. The fourth-order valence-corrected chi connectivity index (χ4v) is 3.38. The van der Waals surface area contributed by atoms with E-state index in [9.17, 15) is 5.11 Å². The number of pyridine rings is 1. The highest BCUT2D eigenvalue weighted by atomic mass is 16.5. The van der Waals surface area contributed by atoms with E-state index in [1.807, 2.05) is 36.4 Å². The largest absolute Gasteiger partial charge is 0.494 e. The van der Waals surface area contributed by atoms with Crippen LogP contribution in [-0.2, 0) is 0 Å². The average molecular weight is 337 g/mol. The van der Waals surface area contributed by atoms with Crippen molar-refractivity contribution in [3.63, 3.8) is 0 Å². The summed E-state index contributed by atoms with van der Waals surface area (Å²) in [5, 5.41) is 19.1. The monoisotopic (exact) mass is 337 g/mol. The number of hydrogen-bond donors (Lipinski definition) is 1. The van der Waals surface area contributed by atoms with Crippen molar-refractivity contribution in [1.82, 2.24) is 4.98 Å². The molecule has 3 rings (SSSR count). The standard InChI is InChI=1S/C20H23N3O2/c21-14-17-7-10-22-19(13-17)23-11-4-8-20(15-23,16-24)9-12-25-18-5-2-1-3-6-18/h1-3,5-7,10,13,24H,4,8-9,11-12,15-16H2/t20-/m1/s1. The summed E-state index contributed by atoms with van der Waals surface area (Å²) in [6.07, 6.45) is 4.41. The maximum atomic E-state index is 10.0. The molecule has 2 aromatic rings. The molecule has 2 heterocycles. The zero-order valence-electron chi connectivity index (χ0n) is 14.3. The second-order valence-corrected chi connectivity index (χ2v) is 6.61. The van der Waals surface area contributed by atoms with Gasteiger partial charge in [-0.05, 0) is 43.5 Å². The van der Waals surface area contributed by atoms with Gasteiger partial charge in [0.2, 0.25) is 0 Å². The number of anilines is 1. The van der Waals surface area contributed by atoms with Gasteiger partial charge >= 0.3 is 0 Å². The van der Waals surface area contributed by atoms with Crippen molar-refractivity contribution >= 4 is 5.82 Å². The van der Waals surface area contributed by atoms with Gasteiger partial charge in [-0.1, -0.05) is 18.2 Å². The Bertz CT molecular complexity index is 729. The van der Waals surface area contributed by atoms with E-state index in [2.05, 4.69) is 16.0 Å². The Hall–Kier alpha value is -2.58. The molecule has 1 aromatic heterocycles. The second kappa shape index (κ2) is 8.00. The third-order valence-electron chi connectivity index (χ3n) is 4.84. The Morgan fingerprint density at radius 2 is 2.12 bits per heavy atom. The Morgan fingerprint density at radius 1 is 1.28 bits per heavy atom. The number of aliphatic hydroxyl groups excluding tert-OH is 1. The van der Waals surface area contributed by atoms with Crippen molar-refractivity contribution in [2.75, 3.05) is 31.2 Å². The van der Waals surface area contributed by atoms with E-state index in [0.29, 0.717) is 12.2 Å². The number of nitrogens with zero attached hydrogens (tertiary/aromatic N) is 3. The summed E-state index contributed by atoms with van der Waals surface area (Å²) in [6, 6.07) is 15.4. The summed E-state index contributed by atoms with van der Waals surface area (Å²) in [5.41, 5.74) is 0.412. The van der Waals surface area contributed by atoms with Crippen molar-refractivity contribution < 1.29 is 9.84 Å². The van der Waals surface area contributed by atoms with Gasteiger partial charge in [0.15, 0.2) is 0 Å². The number of para-hydroxylation sites is 1. The fraction of sp³-hybridized carbons (Fsp3) is 0.400. The zero-order chi connectivity index (χ0) is 17.5. The van der Waals surface area contributed by atoms with Crippen molar-refractivity contribution in [2.24, 2.45) is 5.41 Å². The minimum atomic E-state index is -0.197. The number of piperidine rings is 1. The molecule has 0 spiro atoms. The lowest BCUT2D eigenvalue weighted by molar-refractivity contribution is 0.0792. The molecule has 0 amide bonds. The molecular weight excluding hydrogens is 314 g/mol. The van der Waals surface area contributed by atoms with Crippen LogP contribution in [0.15, 0.2) is 48.7 Å². The van der Waals surface area contributed by atoms with E-state index >= 15 is 0 Å². The Morgan fingerprint density at radius 3 is 2.88 bits per heavy atom. The SMILES string of the molecule is N#Cc1ccnc(N2CCC[C@@](CO)(CCOc3ccccc3)C2)c1. The number of benzene rings is 1. The molecule has 25 heavy (non-hydrogen) atoms. The van der Waals surface area contributed by atoms with Crippen LogP contribution >= 0.6 is 0 Å². The number of aromatic nitrogens is 1. The molecule has 0 radical (unpaired) electrons. The van der Waals surface area contributed by atoms with Crippen LogP contribution < -0.4 is 9.64 Å². The second-order valence-electron chi connectivity index (χ2n) is 6.61. The molecule has 0 aliphatic carbocycles. The van der Waals surface area contributed by atoms with Crippen LogP contribution in [0.1, 0.15) is 24.8 Å². The van der Waals surface area contributed by atoms with E-state index in [1.165, 1.54) is 0 Å². The van der Waals surface area contributed by atoms with E-state index < -0.39 is 0 Å². The van der Waals surface area contributed by atoms with E-state index in [0.717, 1.165) is 43.9 Å². The third-order valence-corrected chi connectivity index (χ3v) is 4.84. The van der Waals surface area contributed by atoms with Crippen LogP contribution in [0.4, 0.5) is 5.82 Å². The summed E-state index contributed by atoms with van der Waals surface area (Å²) in [5.74, 6) is 1.66. The molecule has 0 unspecified atom stereocenters. The number of aliphatic hydroxyl groups is 1. The Labute approximate surface area is 148 Å². The molecule has 5 heteroatoms.